The van der Waals surface area contributed by atoms with E-state index in [1.807, 2.05) is 109 Å². The van der Waals surface area contributed by atoms with Crippen molar-refractivity contribution in [2.75, 3.05) is 0 Å². The number of benzene rings is 3. The SMILES string of the molecule is Cc1c(N=c2scc(-c3cc4ccccc4o3)n2N=Cc2ccccc2Br)c(=O)n(-c2ccccc2)n1C. The van der Waals surface area contributed by atoms with Crippen LogP contribution in [0, 0.1) is 6.92 Å². The molecule has 0 aliphatic rings. The van der Waals surface area contributed by atoms with Crippen LogP contribution >= 0.6 is 27.3 Å². The third-order valence-corrected chi connectivity index (χ3v) is 7.85. The summed E-state index contributed by atoms with van der Waals surface area (Å²) in [6.45, 7) is 1.89. The van der Waals surface area contributed by atoms with Crippen LogP contribution in [0.4, 0.5) is 5.69 Å². The van der Waals surface area contributed by atoms with E-state index in [2.05, 4.69) is 15.9 Å². The molecule has 0 saturated heterocycles. The van der Waals surface area contributed by atoms with Gasteiger partial charge in [0, 0.05) is 27.9 Å². The van der Waals surface area contributed by atoms with E-state index in [-0.39, 0.29) is 5.56 Å². The second-order valence-electron chi connectivity index (χ2n) is 8.65. The number of furan rings is 1. The summed E-state index contributed by atoms with van der Waals surface area (Å²) in [7, 11) is 1.86. The molecule has 9 heteroatoms. The quantitative estimate of drug-likeness (QED) is 0.213. The van der Waals surface area contributed by atoms with Crippen molar-refractivity contribution in [2.45, 2.75) is 6.92 Å². The molecule has 6 aromatic rings. The molecule has 0 aliphatic heterocycles. The van der Waals surface area contributed by atoms with E-state index in [0.717, 1.165) is 38.1 Å². The van der Waals surface area contributed by atoms with E-state index in [9.17, 15) is 4.79 Å². The van der Waals surface area contributed by atoms with Crippen molar-refractivity contribution in [2.24, 2.45) is 17.1 Å². The Kier molecular flexibility index (Phi) is 6.30. The van der Waals surface area contributed by atoms with E-state index >= 15 is 0 Å². The van der Waals surface area contributed by atoms with E-state index in [1.54, 1.807) is 15.6 Å². The Labute approximate surface area is 230 Å². The molecular formula is C29H22BrN5O2S. The summed E-state index contributed by atoms with van der Waals surface area (Å²) < 4.78 is 12.2. The van der Waals surface area contributed by atoms with E-state index in [0.29, 0.717) is 16.2 Å². The van der Waals surface area contributed by atoms with Crippen LogP contribution in [0.2, 0.25) is 0 Å². The van der Waals surface area contributed by atoms with Gasteiger partial charge in [-0.3, -0.25) is 9.48 Å². The lowest BCUT2D eigenvalue weighted by Gasteiger charge is -2.07. The van der Waals surface area contributed by atoms with Crippen LogP contribution in [0.15, 0.2) is 114 Å². The molecule has 3 aromatic carbocycles. The Hall–Kier alpha value is -4.21. The van der Waals surface area contributed by atoms with Crippen molar-refractivity contribution < 1.29 is 4.42 Å². The van der Waals surface area contributed by atoms with Crippen LogP contribution < -0.4 is 10.4 Å². The molecule has 38 heavy (non-hydrogen) atoms. The van der Waals surface area contributed by atoms with E-state index < -0.39 is 0 Å². The molecule has 0 spiro atoms. The van der Waals surface area contributed by atoms with Gasteiger partial charge in [-0.2, -0.15) is 5.10 Å². The smallest absolute Gasteiger partial charge is 0.297 e. The number of hydrogen-bond donors (Lipinski definition) is 0. The molecule has 0 saturated carbocycles. The average molecular weight is 584 g/mol. The highest BCUT2D eigenvalue weighted by molar-refractivity contribution is 9.10. The van der Waals surface area contributed by atoms with Gasteiger partial charge in [-0.15, -0.1) is 11.3 Å². The molecule has 188 valence electrons. The van der Waals surface area contributed by atoms with Crippen molar-refractivity contribution >= 4 is 50.1 Å². The van der Waals surface area contributed by atoms with Gasteiger partial charge in [-0.25, -0.2) is 14.4 Å². The van der Waals surface area contributed by atoms with Crippen molar-refractivity contribution in [3.8, 4) is 17.1 Å². The summed E-state index contributed by atoms with van der Waals surface area (Å²) in [5.74, 6) is 0.666. The highest BCUT2D eigenvalue weighted by Crippen LogP contribution is 2.28. The molecule has 3 aromatic heterocycles. The lowest BCUT2D eigenvalue weighted by molar-refractivity contribution is 0.622. The number of para-hydroxylation sites is 2. The number of fused-ring (bicyclic) bond motifs is 1. The predicted molar refractivity (Wildman–Crippen MR) is 156 cm³/mol. The standard InChI is InChI=1S/C29H22BrN5O2S/c1-19-27(28(36)35(33(19)2)22-12-4-3-5-13-22)32-29-34(31-17-21-11-6-8-14-23(21)30)24(18-38-29)26-16-20-10-7-9-15-25(20)37-26/h3-18H,1-2H3. The second kappa shape index (κ2) is 9.92. The molecule has 7 nitrogen and oxygen atoms in total. The number of halogens is 1. The highest BCUT2D eigenvalue weighted by atomic mass is 79.9. The van der Waals surface area contributed by atoms with Crippen molar-refractivity contribution in [1.29, 1.82) is 0 Å². The molecule has 0 N–H and O–H groups in total. The number of aromatic nitrogens is 3. The van der Waals surface area contributed by atoms with Gasteiger partial charge < -0.3 is 4.42 Å². The summed E-state index contributed by atoms with van der Waals surface area (Å²) in [6.07, 6.45) is 1.77. The molecule has 6 rings (SSSR count). The zero-order valence-electron chi connectivity index (χ0n) is 20.6. The number of nitrogens with zero attached hydrogens (tertiary/aromatic N) is 5. The maximum Gasteiger partial charge on any atom is 0.297 e. The van der Waals surface area contributed by atoms with Gasteiger partial charge in [0.1, 0.15) is 11.3 Å². The Balaban J connectivity index is 1.55. The van der Waals surface area contributed by atoms with Crippen LogP contribution in [-0.4, -0.2) is 20.3 Å². The van der Waals surface area contributed by atoms with Crippen molar-refractivity contribution in [3.05, 3.63) is 121 Å². The molecule has 0 atom stereocenters. The molecule has 0 bridgehead atoms. The van der Waals surface area contributed by atoms with Crippen LogP contribution in [-0.2, 0) is 7.05 Å². The van der Waals surface area contributed by atoms with Crippen molar-refractivity contribution in [3.63, 3.8) is 0 Å². The minimum absolute atomic E-state index is 0.198. The molecule has 0 fully saturated rings. The van der Waals surface area contributed by atoms with Crippen LogP contribution in [0.3, 0.4) is 0 Å². The van der Waals surface area contributed by atoms with Gasteiger partial charge in [0.2, 0.25) is 4.80 Å². The van der Waals surface area contributed by atoms with Gasteiger partial charge in [0.05, 0.1) is 17.6 Å². The van der Waals surface area contributed by atoms with Gasteiger partial charge >= 0.3 is 0 Å². The average Bonchev–Trinajstić information content (AvgIpc) is 3.60. The summed E-state index contributed by atoms with van der Waals surface area (Å²) in [4.78, 5) is 18.9. The maximum absolute atomic E-state index is 13.5. The molecular weight excluding hydrogens is 562 g/mol. The fourth-order valence-corrected chi connectivity index (χ4v) is 5.46. The molecule has 0 radical (unpaired) electrons. The molecule has 0 amide bonds. The monoisotopic (exact) mass is 583 g/mol. The molecule has 3 heterocycles. The zero-order chi connectivity index (χ0) is 26.2. The van der Waals surface area contributed by atoms with Gasteiger partial charge in [-0.05, 0) is 37.3 Å². The summed E-state index contributed by atoms with van der Waals surface area (Å²) >= 11 is 4.98. The first-order valence-electron chi connectivity index (χ1n) is 11.9. The predicted octanol–water partition coefficient (Wildman–Crippen LogP) is 6.64. The van der Waals surface area contributed by atoms with Crippen molar-refractivity contribution in [1.82, 2.24) is 14.0 Å². The first kappa shape index (κ1) is 24.1. The Morgan fingerprint density at radius 1 is 0.974 bits per heavy atom. The lowest BCUT2D eigenvalue weighted by Crippen LogP contribution is -2.19. The Morgan fingerprint density at radius 3 is 2.50 bits per heavy atom. The normalized spacial score (nSPS) is 12.2. The van der Waals surface area contributed by atoms with E-state index in [4.69, 9.17) is 14.5 Å². The minimum Gasteiger partial charge on any atom is -0.454 e. The van der Waals surface area contributed by atoms with Gasteiger partial charge in [0.15, 0.2) is 11.4 Å². The molecule has 0 unspecified atom stereocenters. The third-order valence-electron chi connectivity index (χ3n) is 6.31. The number of rotatable bonds is 5. The first-order valence-corrected chi connectivity index (χ1v) is 13.6. The minimum atomic E-state index is -0.198. The maximum atomic E-state index is 13.5. The summed E-state index contributed by atoms with van der Waals surface area (Å²) in [6, 6.07) is 27.2. The lowest BCUT2D eigenvalue weighted by atomic mass is 10.2. The van der Waals surface area contributed by atoms with Crippen LogP contribution in [0.25, 0.3) is 28.1 Å². The van der Waals surface area contributed by atoms with Crippen LogP contribution in [0.1, 0.15) is 11.3 Å². The van der Waals surface area contributed by atoms with Crippen LogP contribution in [0.5, 0.6) is 0 Å². The Morgan fingerprint density at radius 2 is 1.71 bits per heavy atom. The Bertz CT molecular complexity index is 1910. The zero-order valence-corrected chi connectivity index (χ0v) is 23.0. The summed E-state index contributed by atoms with van der Waals surface area (Å²) in [5, 5.41) is 7.73. The summed E-state index contributed by atoms with van der Waals surface area (Å²) in [5.41, 5.74) is 4.13. The fourth-order valence-electron chi connectivity index (χ4n) is 4.25. The van der Waals surface area contributed by atoms with Gasteiger partial charge in [-0.1, -0.05) is 70.5 Å². The van der Waals surface area contributed by atoms with Gasteiger partial charge in [0.25, 0.3) is 5.56 Å². The second-order valence-corrected chi connectivity index (χ2v) is 10.3. The fraction of sp³-hybridized carbons (Fsp3) is 0.0690. The molecule has 0 aliphatic carbocycles. The highest BCUT2D eigenvalue weighted by Gasteiger charge is 2.18. The number of hydrogen-bond acceptors (Lipinski definition) is 5. The first-order chi connectivity index (χ1) is 18.5. The number of thiazole rings is 1. The largest absolute Gasteiger partial charge is 0.454 e. The topological polar surface area (TPSA) is 69.7 Å². The van der Waals surface area contributed by atoms with E-state index in [1.165, 1.54) is 11.3 Å². The third kappa shape index (κ3) is 4.29.